The van der Waals surface area contributed by atoms with Crippen molar-refractivity contribution in [2.75, 3.05) is 12.4 Å². The number of halogens is 1. The number of carbonyl (C=O) groups is 1. The molecule has 1 N–H and O–H groups in total. The van der Waals surface area contributed by atoms with Gasteiger partial charge in [0.2, 0.25) is 6.10 Å². The zero-order chi connectivity index (χ0) is 16.2. The predicted molar refractivity (Wildman–Crippen MR) is 89.1 cm³/mol. The van der Waals surface area contributed by atoms with Crippen molar-refractivity contribution in [3.63, 3.8) is 0 Å². The Morgan fingerprint density at radius 2 is 2.13 bits per heavy atom. The maximum atomic E-state index is 12.3. The zero-order valence-electron chi connectivity index (χ0n) is 12.5. The molecule has 23 heavy (non-hydrogen) atoms. The lowest BCUT2D eigenvalue weighted by molar-refractivity contribution is -0.125. The van der Waals surface area contributed by atoms with Gasteiger partial charge in [-0.05, 0) is 30.3 Å². The number of benzene rings is 2. The lowest BCUT2D eigenvalue weighted by Crippen LogP contribution is -2.28. The summed E-state index contributed by atoms with van der Waals surface area (Å²) in [6, 6.07) is 14.4. The van der Waals surface area contributed by atoms with Crippen LogP contribution in [-0.4, -0.2) is 24.8 Å². The van der Waals surface area contributed by atoms with Crippen LogP contribution in [0.4, 0.5) is 5.69 Å². The quantitative estimate of drug-likeness (QED) is 0.933. The molecular weight excluding hydrogens is 316 g/mol. The molecule has 1 amide bonds. The highest BCUT2D eigenvalue weighted by atomic mass is 35.5. The molecule has 2 aromatic carbocycles. The highest BCUT2D eigenvalue weighted by Gasteiger charge is 2.30. The van der Waals surface area contributed by atoms with Gasteiger partial charge < -0.3 is 14.9 Å². The van der Waals surface area contributed by atoms with Crippen molar-refractivity contribution in [1.29, 1.82) is 0 Å². The summed E-state index contributed by atoms with van der Waals surface area (Å²) in [5.74, 6) is 0.437. The van der Waals surface area contributed by atoms with Gasteiger partial charge in [-0.2, -0.15) is 0 Å². The molecule has 1 heterocycles. The number of carbonyl (C=O) groups excluding carboxylic acids is 1. The molecule has 0 bridgehead atoms. The molecule has 6 heteroatoms. The monoisotopic (exact) mass is 330 g/mol. The summed E-state index contributed by atoms with van der Waals surface area (Å²) in [5.41, 5.74) is 2.14. The predicted octanol–water partition coefficient (Wildman–Crippen LogP) is 3.48. The topological polar surface area (TPSA) is 59.9 Å². The van der Waals surface area contributed by atoms with Crippen LogP contribution in [0, 0.1) is 0 Å². The van der Waals surface area contributed by atoms with Crippen LogP contribution in [-0.2, 0) is 9.63 Å². The Kier molecular flexibility index (Phi) is 4.48. The van der Waals surface area contributed by atoms with Gasteiger partial charge in [0, 0.05) is 22.7 Å². The second kappa shape index (κ2) is 6.71. The zero-order valence-corrected chi connectivity index (χ0v) is 13.2. The summed E-state index contributed by atoms with van der Waals surface area (Å²) in [5, 5.41) is 7.35. The molecule has 1 unspecified atom stereocenters. The van der Waals surface area contributed by atoms with Gasteiger partial charge in [0.05, 0.1) is 12.8 Å². The van der Waals surface area contributed by atoms with E-state index in [2.05, 4.69) is 10.5 Å². The van der Waals surface area contributed by atoms with Crippen molar-refractivity contribution >= 4 is 28.9 Å². The first-order valence-electron chi connectivity index (χ1n) is 7.10. The lowest BCUT2D eigenvalue weighted by Gasteiger charge is -2.10. The number of methoxy groups -OCH3 is 1. The average molecular weight is 331 g/mol. The van der Waals surface area contributed by atoms with Crippen LogP contribution in [0.15, 0.2) is 53.7 Å². The maximum Gasteiger partial charge on any atom is 0.268 e. The maximum absolute atomic E-state index is 12.3. The summed E-state index contributed by atoms with van der Waals surface area (Å²) < 4.78 is 5.31. The third kappa shape index (κ3) is 3.46. The van der Waals surface area contributed by atoms with Crippen molar-refractivity contribution in [3.05, 3.63) is 59.1 Å². The van der Waals surface area contributed by atoms with Gasteiger partial charge in [0.25, 0.3) is 5.91 Å². The van der Waals surface area contributed by atoms with Crippen LogP contribution in [0.5, 0.6) is 5.75 Å². The molecule has 0 fully saturated rings. The summed E-state index contributed by atoms with van der Waals surface area (Å²) >= 11 is 5.91. The number of anilines is 1. The standard InChI is InChI=1S/C17H15ClN2O3/c1-22-15-8-3-2-7-13(15)14-10-16(23-20-14)17(21)19-12-6-4-5-11(18)9-12/h2-9,16H,10H2,1H3,(H,19,21). The molecule has 0 radical (unpaired) electrons. The van der Waals surface area contributed by atoms with E-state index in [-0.39, 0.29) is 5.91 Å². The fourth-order valence-corrected chi connectivity index (χ4v) is 2.54. The molecule has 1 aliphatic heterocycles. The van der Waals surface area contributed by atoms with E-state index >= 15 is 0 Å². The Labute approximate surface area is 138 Å². The third-order valence-electron chi connectivity index (χ3n) is 3.47. The molecule has 3 rings (SSSR count). The molecular formula is C17H15ClN2O3. The minimum absolute atomic E-state index is 0.263. The first-order chi connectivity index (χ1) is 11.2. The summed E-state index contributed by atoms with van der Waals surface area (Å²) in [6.45, 7) is 0. The van der Waals surface area contributed by atoms with Gasteiger partial charge in [0.15, 0.2) is 0 Å². The Bertz CT molecular complexity index is 761. The highest BCUT2D eigenvalue weighted by molar-refractivity contribution is 6.30. The van der Waals surface area contributed by atoms with Crippen LogP contribution in [0.25, 0.3) is 0 Å². The van der Waals surface area contributed by atoms with Gasteiger partial charge in [-0.25, -0.2) is 0 Å². The van der Waals surface area contributed by atoms with Crippen molar-refractivity contribution in [3.8, 4) is 5.75 Å². The van der Waals surface area contributed by atoms with E-state index in [0.717, 1.165) is 5.56 Å². The molecule has 1 atom stereocenters. The highest BCUT2D eigenvalue weighted by Crippen LogP contribution is 2.25. The SMILES string of the molecule is COc1ccccc1C1=NOC(C(=O)Nc2cccc(Cl)c2)C1. The number of hydrogen-bond acceptors (Lipinski definition) is 4. The molecule has 118 valence electrons. The summed E-state index contributed by atoms with van der Waals surface area (Å²) in [6.07, 6.45) is -0.291. The van der Waals surface area contributed by atoms with Crippen LogP contribution < -0.4 is 10.1 Å². The van der Waals surface area contributed by atoms with Crippen molar-refractivity contribution < 1.29 is 14.4 Å². The molecule has 2 aromatic rings. The first kappa shape index (κ1) is 15.4. The number of rotatable bonds is 4. The van der Waals surface area contributed by atoms with E-state index in [0.29, 0.717) is 28.6 Å². The number of nitrogens with one attached hydrogen (secondary N) is 1. The number of para-hydroxylation sites is 1. The number of hydrogen-bond donors (Lipinski definition) is 1. The Morgan fingerprint density at radius 3 is 2.91 bits per heavy atom. The van der Waals surface area contributed by atoms with Crippen LogP contribution in [0.3, 0.4) is 0 Å². The van der Waals surface area contributed by atoms with E-state index < -0.39 is 6.10 Å². The van der Waals surface area contributed by atoms with Crippen molar-refractivity contribution in [2.24, 2.45) is 5.16 Å². The molecule has 0 spiro atoms. The Morgan fingerprint density at radius 1 is 1.30 bits per heavy atom. The van der Waals surface area contributed by atoms with Gasteiger partial charge in [-0.3, -0.25) is 4.79 Å². The van der Waals surface area contributed by atoms with E-state index in [1.54, 1.807) is 31.4 Å². The lowest BCUT2D eigenvalue weighted by atomic mass is 10.0. The number of ether oxygens (including phenoxy) is 1. The number of amides is 1. The summed E-state index contributed by atoms with van der Waals surface area (Å²) in [7, 11) is 1.60. The first-order valence-corrected chi connectivity index (χ1v) is 7.47. The second-order valence-electron chi connectivity index (χ2n) is 5.04. The average Bonchev–Trinajstić information content (AvgIpc) is 3.05. The van der Waals surface area contributed by atoms with Gasteiger partial charge in [-0.1, -0.05) is 35.0 Å². The van der Waals surface area contributed by atoms with Crippen LogP contribution >= 0.6 is 11.6 Å². The van der Waals surface area contributed by atoms with E-state index in [9.17, 15) is 4.79 Å². The van der Waals surface area contributed by atoms with Crippen LogP contribution in [0.2, 0.25) is 5.02 Å². The fraction of sp³-hybridized carbons (Fsp3) is 0.176. The third-order valence-corrected chi connectivity index (χ3v) is 3.71. The molecule has 5 nitrogen and oxygen atoms in total. The van der Waals surface area contributed by atoms with Gasteiger partial charge in [0.1, 0.15) is 5.75 Å². The van der Waals surface area contributed by atoms with E-state index in [1.165, 1.54) is 0 Å². The largest absolute Gasteiger partial charge is 0.496 e. The van der Waals surface area contributed by atoms with E-state index in [1.807, 2.05) is 24.3 Å². The van der Waals surface area contributed by atoms with Gasteiger partial charge in [-0.15, -0.1) is 0 Å². The molecule has 0 saturated carbocycles. The van der Waals surface area contributed by atoms with Gasteiger partial charge >= 0.3 is 0 Å². The normalized spacial score (nSPS) is 16.4. The number of nitrogens with zero attached hydrogens (tertiary/aromatic N) is 1. The van der Waals surface area contributed by atoms with E-state index in [4.69, 9.17) is 21.2 Å². The summed E-state index contributed by atoms with van der Waals surface area (Å²) in [4.78, 5) is 17.5. The fourth-order valence-electron chi connectivity index (χ4n) is 2.35. The molecule has 0 aliphatic carbocycles. The smallest absolute Gasteiger partial charge is 0.268 e. The minimum Gasteiger partial charge on any atom is -0.496 e. The van der Waals surface area contributed by atoms with Crippen LogP contribution in [0.1, 0.15) is 12.0 Å². The minimum atomic E-state index is -0.672. The number of oxime groups is 1. The molecule has 0 saturated heterocycles. The molecule has 0 aromatic heterocycles. The Hall–Kier alpha value is -2.53. The second-order valence-corrected chi connectivity index (χ2v) is 5.47. The Balaban J connectivity index is 1.68. The van der Waals surface area contributed by atoms with Crippen molar-refractivity contribution in [2.45, 2.75) is 12.5 Å². The molecule has 1 aliphatic rings. The van der Waals surface area contributed by atoms with Crippen molar-refractivity contribution in [1.82, 2.24) is 0 Å².